The van der Waals surface area contributed by atoms with Gasteiger partial charge in [0.25, 0.3) is 0 Å². The van der Waals surface area contributed by atoms with Crippen LogP contribution in [0, 0.1) is 0 Å². The minimum atomic E-state index is -0.593. The highest BCUT2D eigenvalue weighted by Crippen LogP contribution is 2.33. The molecule has 3 aromatic carbocycles. The number of hydrogen-bond acceptors (Lipinski definition) is 1. The van der Waals surface area contributed by atoms with E-state index in [4.69, 9.17) is 4.99 Å². The summed E-state index contributed by atoms with van der Waals surface area (Å²) in [6.07, 6.45) is 3.12. The topological polar surface area (TPSA) is 12.4 Å². The molecule has 0 aliphatic heterocycles. The summed E-state index contributed by atoms with van der Waals surface area (Å²) in [5, 5.41) is 4.10. The lowest BCUT2D eigenvalue weighted by molar-refractivity contribution is 0.720. The molecule has 1 atom stereocenters. The normalized spacial score (nSPS) is 12.6. The third kappa shape index (κ3) is 4.44. The minimum Gasteiger partial charge on any atom is -0.290 e. The number of benzene rings is 3. The highest BCUT2D eigenvalue weighted by Gasteiger charge is 2.18. The molecule has 0 heterocycles. The molecule has 3 aromatic rings. The predicted octanol–water partition coefficient (Wildman–Crippen LogP) is 4.66. The van der Waals surface area contributed by atoms with Crippen LogP contribution < -0.4 is 15.9 Å². The van der Waals surface area contributed by atoms with Crippen LogP contribution in [0.3, 0.4) is 0 Å². The fourth-order valence-corrected chi connectivity index (χ4v) is 5.12. The van der Waals surface area contributed by atoms with Crippen molar-refractivity contribution in [1.82, 2.24) is 0 Å². The van der Waals surface area contributed by atoms with Crippen LogP contribution in [0.2, 0.25) is 0 Å². The van der Waals surface area contributed by atoms with Gasteiger partial charge in [0.05, 0.1) is 0 Å². The molecule has 0 N–H and O–H groups in total. The molecule has 0 spiro atoms. The molecule has 3 rings (SSSR count). The second kappa shape index (κ2) is 8.74. The summed E-state index contributed by atoms with van der Waals surface area (Å²) >= 11 is 0. The van der Waals surface area contributed by atoms with E-state index >= 15 is 0 Å². The van der Waals surface area contributed by atoms with Gasteiger partial charge in [-0.2, -0.15) is 0 Å². The van der Waals surface area contributed by atoms with Crippen LogP contribution in [-0.4, -0.2) is 12.3 Å². The average molecular weight is 345 g/mol. The van der Waals surface area contributed by atoms with Gasteiger partial charge < -0.3 is 0 Å². The lowest BCUT2D eigenvalue weighted by Crippen LogP contribution is -2.23. The molecule has 1 nitrogen and oxygen atoms in total. The van der Waals surface area contributed by atoms with Crippen molar-refractivity contribution >= 4 is 30.0 Å². The van der Waals surface area contributed by atoms with E-state index in [0.29, 0.717) is 6.04 Å². The largest absolute Gasteiger partial charge is 0.290 e. The molecule has 0 aliphatic carbocycles. The van der Waals surface area contributed by atoms with Crippen molar-refractivity contribution in [3.63, 3.8) is 0 Å². The van der Waals surface area contributed by atoms with Gasteiger partial charge in [-0.1, -0.05) is 91.9 Å². The van der Waals surface area contributed by atoms with Gasteiger partial charge >= 0.3 is 0 Å². The molecule has 0 radical (unpaired) electrons. The van der Waals surface area contributed by atoms with E-state index in [2.05, 4.69) is 105 Å². The predicted molar refractivity (Wildman–Crippen MR) is 112 cm³/mol. The van der Waals surface area contributed by atoms with E-state index in [9.17, 15) is 0 Å². The maximum atomic E-state index is 4.73. The zero-order valence-corrected chi connectivity index (χ0v) is 15.7. The third-order valence-electron chi connectivity index (χ3n) is 4.27. The van der Waals surface area contributed by atoms with Crippen LogP contribution in [0.25, 0.3) is 0 Å². The number of aliphatic imine (C=N–C) groups is 1. The molecule has 0 amide bonds. The van der Waals surface area contributed by atoms with Crippen LogP contribution >= 0.6 is 7.92 Å². The van der Waals surface area contributed by atoms with E-state index in [1.165, 1.54) is 21.5 Å². The van der Waals surface area contributed by atoms with E-state index < -0.39 is 7.92 Å². The molecule has 1 unspecified atom stereocenters. The van der Waals surface area contributed by atoms with Gasteiger partial charge in [-0.05, 0) is 37.2 Å². The Morgan fingerprint density at radius 2 is 1.32 bits per heavy atom. The van der Waals surface area contributed by atoms with Crippen molar-refractivity contribution < 1.29 is 0 Å². The fourth-order valence-electron chi connectivity index (χ4n) is 2.69. The summed E-state index contributed by atoms with van der Waals surface area (Å²) in [4.78, 5) is 4.73. The van der Waals surface area contributed by atoms with Crippen LogP contribution in [0.4, 0.5) is 0 Å². The molecule has 0 saturated heterocycles. The highest BCUT2D eigenvalue weighted by atomic mass is 31.1. The zero-order valence-electron chi connectivity index (χ0n) is 14.8. The van der Waals surface area contributed by atoms with Gasteiger partial charge in [-0.25, -0.2) is 0 Å². The Labute approximate surface area is 152 Å². The first-order valence-electron chi connectivity index (χ1n) is 8.82. The molecule has 25 heavy (non-hydrogen) atoms. The zero-order chi connectivity index (χ0) is 17.5. The molecule has 0 aromatic heterocycles. The van der Waals surface area contributed by atoms with Gasteiger partial charge in [-0.3, -0.25) is 4.99 Å². The monoisotopic (exact) mass is 345 g/mol. The smallest absolute Gasteiger partial charge is 0.0469 e. The summed E-state index contributed by atoms with van der Waals surface area (Å²) in [6, 6.07) is 30.7. The van der Waals surface area contributed by atoms with E-state index in [-0.39, 0.29) is 0 Å². The maximum absolute atomic E-state index is 4.73. The van der Waals surface area contributed by atoms with Crippen LogP contribution in [-0.2, 0) is 0 Å². The molecular formula is C23H24NP. The second-order valence-corrected chi connectivity index (χ2v) is 8.29. The first-order chi connectivity index (χ1) is 12.3. The Morgan fingerprint density at radius 3 is 1.88 bits per heavy atom. The Bertz CT molecular complexity index is 772. The maximum Gasteiger partial charge on any atom is 0.0469 e. The first-order valence-corrected chi connectivity index (χ1v) is 10.2. The Hall–Kier alpha value is -2.24. The van der Waals surface area contributed by atoms with Crippen LogP contribution in [0.1, 0.15) is 25.8 Å². The molecule has 2 heteroatoms. The summed E-state index contributed by atoms with van der Waals surface area (Å²) in [5.41, 5.74) is 1.22. The number of rotatable bonds is 6. The van der Waals surface area contributed by atoms with Crippen LogP contribution in [0.15, 0.2) is 89.9 Å². The summed E-state index contributed by atoms with van der Waals surface area (Å²) < 4.78 is 0. The van der Waals surface area contributed by atoms with Gasteiger partial charge in [0, 0.05) is 17.8 Å². The lowest BCUT2D eigenvalue weighted by atomic mass is 10.2. The van der Waals surface area contributed by atoms with Crippen molar-refractivity contribution in [2.75, 3.05) is 0 Å². The molecule has 0 saturated carbocycles. The Kier molecular flexibility index (Phi) is 6.14. The summed E-state index contributed by atoms with van der Waals surface area (Å²) in [7, 11) is -0.593. The van der Waals surface area contributed by atoms with Gasteiger partial charge in [-0.15, -0.1) is 0 Å². The number of hydrogen-bond donors (Lipinski definition) is 0. The van der Waals surface area contributed by atoms with E-state index in [1.807, 2.05) is 0 Å². The van der Waals surface area contributed by atoms with Crippen molar-refractivity contribution in [3.05, 3.63) is 90.5 Å². The van der Waals surface area contributed by atoms with E-state index in [1.54, 1.807) is 0 Å². The SMILES string of the molecule is CCC(C)N=Cc1ccccc1P(c1ccccc1)c1ccccc1. The van der Waals surface area contributed by atoms with Gasteiger partial charge in [0.2, 0.25) is 0 Å². The first kappa shape index (κ1) is 17.6. The standard InChI is InChI=1S/C23H24NP/c1-3-19(2)24-18-20-12-10-11-17-23(20)25(21-13-6-4-7-14-21)22-15-8-5-9-16-22/h4-19H,3H2,1-2H3. The van der Waals surface area contributed by atoms with Crippen molar-refractivity contribution in [2.45, 2.75) is 26.3 Å². The highest BCUT2D eigenvalue weighted by molar-refractivity contribution is 7.80. The summed E-state index contributed by atoms with van der Waals surface area (Å²) in [5.74, 6) is 0. The molecular weight excluding hydrogens is 321 g/mol. The summed E-state index contributed by atoms with van der Waals surface area (Å²) in [6.45, 7) is 4.34. The Balaban J connectivity index is 2.10. The molecule has 0 fully saturated rings. The van der Waals surface area contributed by atoms with Crippen molar-refractivity contribution in [2.24, 2.45) is 4.99 Å². The van der Waals surface area contributed by atoms with E-state index in [0.717, 1.165) is 6.42 Å². The van der Waals surface area contributed by atoms with Crippen LogP contribution in [0.5, 0.6) is 0 Å². The lowest BCUT2D eigenvalue weighted by Gasteiger charge is -2.21. The Morgan fingerprint density at radius 1 is 0.800 bits per heavy atom. The van der Waals surface area contributed by atoms with Gasteiger partial charge in [0.15, 0.2) is 0 Å². The minimum absolute atomic E-state index is 0.354. The van der Waals surface area contributed by atoms with Crippen molar-refractivity contribution in [1.29, 1.82) is 0 Å². The quantitative estimate of drug-likeness (QED) is 0.455. The molecule has 0 bridgehead atoms. The average Bonchev–Trinajstić information content (AvgIpc) is 2.69. The fraction of sp³-hybridized carbons (Fsp3) is 0.174. The molecule has 126 valence electrons. The molecule has 0 aliphatic rings. The third-order valence-corrected chi connectivity index (χ3v) is 6.78. The second-order valence-electron chi connectivity index (χ2n) is 6.10. The van der Waals surface area contributed by atoms with Gasteiger partial charge in [0.1, 0.15) is 0 Å². The number of nitrogens with zero attached hydrogens (tertiary/aromatic N) is 1. The van der Waals surface area contributed by atoms with Crippen molar-refractivity contribution in [3.8, 4) is 0 Å².